The van der Waals surface area contributed by atoms with Gasteiger partial charge in [-0.3, -0.25) is 0 Å². The molecule has 0 aromatic carbocycles. The van der Waals surface area contributed by atoms with Gasteiger partial charge in [0.25, 0.3) is 0 Å². The Morgan fingerprint density at radius 3 is 0.731 bits per heavy atom. The zero-order valence-corrected chi connectivity index (χ0v) is 18.2. The molecule has 0 unspecified atom stereocenters. The van der Waals surface area contributed by atoms with Crippen molar-refractivity contribution in [2.45, 2.75) is 148 Å². The van der Waals surface area contributed by atoms with E-state index in [-0.39, 0.29) is 7.43 Å². The van der Waals surface area contributed by atoms with E-state index in [0.717, 1.165) is 6.42 Å². The minimum Gasteiger partial charge on any atom is -0.396 e. The topological polar surface area (TPSA) is 20.2 Å². The van der Waals surface area contributed by atoms with E-state index in [1.807, 2.05) is 0 Å². The summed E-state index contributed by atoms with van der Waals surface area (Å²) in [5.74, 6) is 0. The second kappa shape index (κ2) is 27.2. The van der Waals surface area contributed by atoms with E-state index in [0.29, 0.717) is 6.61 Å². The van der Waals surface area contributed by atoms with E-state index in [1.54, 1.807) is 0 Å². The van der Waals surface area contributed by atoms with Crippen LogP contribution in [-0.4, -0.2) is 11.7 Å². The van der Waals surface area contributed by atoms with Crippen molar-refractivity contribution in [2.75, 3.05) is 6.61 Å². The third-order valence-corrected chi connectivity index (χ3v) is 5.51. The molecule has 4 radical (unpaired) electrons. The summed E-state index contributed by atoms with van der Waals surface area (Å²) in [6.07, 6.45) is 31.1. The lowest BCUT2D eigenvalue weighted by Crippen LogP contribution is -1.85. The summed E-state index contributed by atoms with van der Waals surface area (Å²) in [5, 5.41) is 8.72. The first kappa shape index (κ1) is 28.2. The van der Waals surface area contributed by atoms with Crippen LogP contribution in [0.4, 0.5) is 0 Å². The monoisotopic (exact) mass is 366 g/mol. The van der Waals surface area contributed by atoms with Crippen molar-refractivity contribution in [3.05, 3.63) is 7.43 Å². The van der Waals surface area contributed by atoms with Crippen molar-refractivity contribution in [2.24, 2.45) is 0 Å². The molecular formula is C25H50O. The van der Waals surface area contributed by atoms with Crippen LogP contribution >= 0.6 is 0 Å². The molecule has 0 aliphatic heterocycles. The number of rotatable bonds is 22. The number of hydrogen-bond acceptors (Lipinski definition) is 1. The Labute approximate surface area is 167 Å². The van der Waals surface area contributed by atoms with E-state index in [9.17, 15) is 0 Å². The van der Waals surface area contributed by atoms with Crippen LogP contribution in [0.2, 0.25) is 0 Å². The average Bonchev–Trinajstić information content (AvgIpc) is 2.63. The van der Waals surface area contributed by atoms with E-state index in [4.69, 9.17) is 5.11 Å². The lowest BCUT2D eigenvalue weighted by molar-refractivity contribution is 0.282. The molecule has 0 amide bonds. The van der Waals surface area contributed by atoms with Crippen LogP contribution in [0.1, 0.15) is 148 Å². The molecule has 0 heterocycles. The van der Waals surface area contributed by atoms with Crippen LogP contribution in [0.25, 0.3) is 0 Å². The maximum atomic E-state index is 8.72. The summed E-state index contributed by atoms with van der Waals surface area (Å²) in [5.41, 5.74) is 0. The van der Waals surface area contributed by atoms with Crippen molar-refractivity contribution in [1.82, 2.24) is 0 Å². The molecule has 0 aliphatic carbocycles. The highest BCUT2D eigenvalue weighted by Gasteiger charge is 1.95. The smallest absolute Gasteiger partial charge is 0.0431 e. The quantitative estimate of drug-likeness (QED) is 0.190. The molecule has 0 bridgehead atoms. The van der Waals surface area contributed by atoms with Gasteiger partial charge in [0.15, 0.2) is 0 Å². The largest absolute Gasteiger partial charge is 0.396 e. The fraction of sp³-hybridized carbons (Fsp3) is 0.960. The zero-order valence-electron chi connectivity index (χ0n) is 18.2. The first-order valence-electron chi connectivity index (χ1n) is 12.0. The molecule has 1 heteroatoms. The standard InChI is InChI=1S/C24H50O.C/c1-2-3-4-5-6-7-8-9-10-11-12-13-14-15-16-17-18-19-20-21-22-23-24-25;/h25H,2-24H2,1H3;. The molecule has 26 heavy (non-hydrogen) atoms. The number of unbranched alkanes of at least 4 members (excludes halogenated alkanes) is 21. The van der Waals surface area contributed by atoms with Gasteiger partial charge in [0, 0.05) is 14.0 Å². The molecule has 0 saturated heterocycles. The predicted molar refractivity (Wildman–Crippen MR) is 118 cm³/mol. The summed E-state index contributed by atoms with van der Waals surface area (Å²) in [6.45, 7) is 2.67. The highest BCUT2D eigenvalue weighted by atomic mass is 16.2. The van der Waals surface area contributed by atoms with Gasteiger partial charge in [0.1, 0.15) is 0 Å². The minimum atomic E-state index is 0. The van der Waals surface area contributed by atoms with E-state index < -0.39 is 0 Å². The predicted octanol–water partition coefficient (Wildman–Crippen LogP) is 8.66. The molecular weight excluding hydrogens is 316 g/mol. The molecule has 0 fully saturated rings. The first-order chi connectivity index (χ1) is 12.4. The summed E-state index contributed by atoms with van der Waals surface area (Å²) < 4.78 is 0. The third-order valence-electron chi connectivity index (χ3n) is 5.51. The number of hydrogen-bond donors (Lipinski definition) is 1. The van der Waals surface area contributed by atoms with Crippen molar-refractivity contribution in [3.63, 3.8) is 0 Å². The Balaban J connectivity index is 0. The van der Waals surface area contributed by atoms with Crippen molar-refractivity contribution >= 4 is 0 Å². The van der Waals surface area contributed by atoms with Crippen molar-refractivity contribution in [1.29, 1.82) is 0 Å². The molecule has 1 nitrogen and oxygen atoms in total. The fourth-order valence-electron chi connectivity index (χ4n) is 3.72. The van der Waals surface area contributed by atoms with Crippen molar-refractivity contribution in [3.8, 4) is 0 Å². The second-order valence-corrected chi connectivity index (χ2v) is 8.15. The highest BCUT2D eigenvalue weighted by Crippen LogP contribution is 2.15. The number of aliphatic hydroxyl groups excluding tert-OH is 1. The maximum absolute atomic E-state index is 8.72. The number of aliphatic hydroxyl groups is 1. The van der Waals surface area contributed by atoms with Crippen LogP contribution in [0.5, 0.6) is 0 Å². The fourth-order valence-corrected chi connectivity index (χ4v) is 3.72. The lowest BCUT2D eigenvalue weighted by Gasteiger charge is -2.04. The van der Waals surface area contributed by atoms with E-state index in [2.05, 4.69) is 6.92 Å². The van der Waals surface area contributed by atoms with E-state index in [1.165, 1.54) is 135 Å². The Morgan fingerprint density at radius 1 is 0.346 bits per heavy atom. The van der Waals surface area contributed by atoms with Gasteiger partial charge in [0.2, 0.25) is 0 Å². The Bertz CT molecular complexity index is 192. The Morgan fingerprint density at radius 2 is 0.538 bits per heavy atom. The summed E-state index contributed by atoms with van der Waals surface area (Å²) in [4.78, 5) is 0. The Hall–Kier alpha value is -0.0400. The third kappa shape index (κ3) is 26.2. The van der Waals surface area contributed by atoms with Crippen molar-refractivity contribution < 1.29 is 5.11 Å². The van der Waals surface area contributed by atoms with Gasteiger partial charge in [-0.15, -0.1) is 0 Å². The van der Waals surface area contributed by atoms with Crippen LogP contribution in [0, 0.1) is 7.43 Å². The maximum Gasteiger partial charge on any atom is 0.0431 e. The SMILES string of the molecule is CCCCCCCCCCCCCCCCCCCCCCCCO.[C]. The second-order valence-electron chi connectivity index (χ2n) is 8.15. The lowest BCUT2D eigenvalue weighted by atomic mass is 10.0. The van der Waals surface area contributed by atoms with Gasteiger partial charge >= 0.3 is 0 Å². The zero-order chi connectivity index (χ0) is 18.3. The highest BCUT2D eigenvalue weighted by molar-refractivity contribution is 4.51. The first-order valence-corrected chi connectivity index (χ1v) is 12.0. The van der Waals surface area contributed by atoms with E-state index >= 15 is 0 Å². The molecule has 0 aliphatic rings. The average molecular weight is 367 g/mol. The molecule has 0 aromatic rings. The van der Waals surface area contributed by atoms with Crippen LogP contribution < -0.4 is 0 Å². The van der Waals surface area contributed by atoms with Gasteiger partial charge in [-0.25, -0.2) is 0 Å². The molecule has 0 rings (SSSR count). The minimum absolute atomic E-state index is 0. The van der Waals surface area contributed by atoms with Crippen LogP contribution in [0.15, 0.2) is 0 Å². The molecule has 0 aromatic heterocycles. The van der Waals surface area contributed by atoms with Gasteiger partial charge in [0.05, 0.1) is 0 Å². The molecule has 1 N–H and O–H groups in total. The summed E-state index contributed by atoms with van der Waals surface area (Å²) in [6, 6.07) is 0. The molecule has 156 valence electrons. The molecule has 0 atom stereocenters. The molecule has 0 spiro atoms. The van der Waals surface area contributed by atoms with Gasteiger partial charge in [-0.2, -0.15) is 0 Å². The Kier molecular flexibility index (Phi) is 29.5. The van der Waals surface area contributed by atoms with Gasteiger partial charge < -0.3 is 5.11 Å². The summed E-state index contributed by atoms with van der Waals surface area (Å²) in [7, 11) is 0. The normalized spacial score (nSPS) is 10.8. The summed E-state index contributed by atoms with van der Waals surface area (Å²) >= 11 is 0. The van der Waals surface area contributed by atoms with Crippen LogP contribution in [-0.2, 0) is 0 Å². The van der Waals surface area contributed by atoms with Gasteiger partial charge in [-0.1, -0.05) is 142 Å². The molecule has 0 saturated carbocycles. The van der Waals surface area contributed by atoms with Crippen LogP contribution in [0.3, 0.4) is 0 Å². The van der Waals surface area contributed by atoms with Gasteiger partial charge in [-0.05, 0) is 6.42 Å².